The standard InChI is InChI=1S/C17H18ClNO3S2/c1-24(21,22)12-7-8-13(18)14(10-12)19-17(20)16-9-11-5-3-2-4-6-15(11)23-16/h7-10H,2-6H2,1H3,(H,19,20). The van der Waals surface area contributed by atoms with Crippen LogP contribution in [0.1, 0.15) is 39.4 Å². The molecular weight excluding hydrogens is 366 g/mol. The normalized spacial score (nSPS) is 14.8. The van der Waals surface area contributed by atoms with E-state index < -0.39 is 9.84 Å². The second-order valence-corrected chi connectivity index (χ2v) is 9.55. The summed E-state index contributed by atoms with van der Waals surface area (Å²) in [6.45, 7) is 0. The van der Waals surface area contributed by atoms with Gasteiger partial charge in [0.25, 0.3) is 5.91 Å². The predicted octanol–water partition coefficient (Wildman–Crippen LogP) is 4.33. The maximum absolute atomic E-state index is 12.5. The number of rotatable bonds is 3. The first-order valence-corrected chi connectivity index (χ1v) is 10.9. The minimum absolute atomic E-state index is 0.129. The third-order valence-corrected chi connectivity index (χ3v) is 6.76. The Morgan fingerprint density at radius 3 is 2.67 bits per heavy atom. The molecule has 1 aromatic carbocycles. The summed E-state index contributed by atoms with van der Waals surface area (Å²) in [5.41, 5.74) is 1.58. The Morgan fingerprint density at radius 2 is 1.92 bits per heavy atom. The molecule has 0 saturated heterocycles. The molecule has 1 aromatic heterocycles. The van der Waals surface area contributed by atoms with Crippen molar-refractivity contribution in [3.8, 4) is 0 Å². The van der Waals surface area contributed by atoms with Gasteiger partial charge in [-0.2, -0.15) is 0 Å². The topological polar surface area (TPSA) is 63.2 Å². The highest BCUT2D eigenvalue weighted by molar-refractivity contribution is 7.90. The van der Waals surface area contributed by atoms with Crippen LogP contribution in [0.3, 0.4) is 0 Å². The van der Waals surface area contributed by atoms with Crippen LogP contribution in [0.4, 0.5) is 5.69 Å². The van der Waals surface area contributed by atoms with E-state index in [4.69, 9.17) is 11.6 Å². The average molecular weight is 384 g/mol. The highest BCUT2D eigenvalue weighted by Crippen LogP contribution is 2.31. The second kappa shape index (κ2) is 6.86. The van der Waals surface area contributed by atoms with E-state index in [9.17, 15) is 13.2 Å². The number of anilines is 1. The minimum atomic E-state index is -3.36. The van der Waals surface area contributed by atoms with E-state index in [0.29, 0.717) is 15.6 Å². The van der Waals surface area contributed by atoms with Crippen LogP contribution in [0.25, 0.3) is 0 Å². The number of nitrogens with one attached hydrogen (secondary N) is 1. The molecule has 0 saturated carbocycles. The SMILES string of the molecule is CS(=O)(=O)c1ccc(Cl)c(NC(=O)c2cc3c(s2)CCCCC3)c1. The Kier molecular flexibility index (Phi) is 4.99. The van der Waals surface area contributed by atoms with Crippen molar-refractivity contribution in [2.75, 3.05) is 11.6 Å². The van der Waals surface area contributed by atoms with Gasteiger partial charge in [-0.25, -0.2) is 8.42 Å². The molecule has 7 heteroatoms. The Balaban J connectivity index is 1.85. The lowest BCUT2D eigenvalue weighted by Gasteiger charge is -2.08. The lowest BCUT2D eigenvalue weighted by molar-refractivity contribution is 0.103. The van der Waals surface area contributed by atoms with Crippen molar-refractivity contribution in [3.05, 3.63) is 44.6 Å². The zero-order valence-electron chi connectivity index (χ0n) is 13.3. The third-order valence-electron chi connectivity index (χ3n) is 4.08. The lowest BCUT2D eigenvalue weighted by atomic mass is 10.1. The molecule has 24 heavy (non-hydrogen) atoms. The van der Waals surface area contributed by atoms with Crippen molar-refractivity contribution in [3.63, 3.8) is 0 Å². The highest BCUT2D eigenvalue weighted by atomic mass is 35.5. The molecule has 0 unspecified atom stereocenters. The third kappa shape index (κ3) is 3.82. The number of sulfone groups is 1. The van der Waals surface area contributed by atoms with Crippen molar-refractivity contribution in [1.82, 2.24) is 0 Å². The second-order valence-electron chi connectivity index (χ2n) is 5.99. The number of carbonyl (C=O) groups is 1. The van der Waals surface area contributed by atoms with Gasteiger partial charge in [-0.15, -0.1) is 11.3 Å². The van der Waals surface area contributed by atoms with Crippen molar-refractivity contribution < 1.29 is 13.2 Å². The van der Waals surface area contributed by atoms with Crippen LogP contribution < -0.4 is 5.32 Å². The van der Waals surface area contributed by atoms with Gasteiger partial charge in [-0.3, -0.25) is 4.79 Å². The van der Waals surface area contributed by atoms with Gasteiger partial charge in [0.2, 0.25) is 0 Å². The fraction of sp³-hybridized carbons (Fsp3) is 0.353. The van der Waals surface area contributed by atoms with E-state index in [1.807, 2.05) is 6.07 Å². The van der Waals surface area contributed by atoms with Gasteiger partial charge in [-0.1, -0.05) is 18.0 Å². The maximum atomic E-state index is 12.5. The van der Waals surface area contributed by atoms with E-state index in [-0.39, 0.29) is 10.8 Å². The number of benzene rings is 1. The van der Waals surface area contributed by atoms with Crippen molar-refractivity contribution in [2.45, 2.75) is 37.0 Å². The number of fused-ring (bicyclic) bond motifs is 1. The van der Waals surface area contributed by atoms with Gasteiger partial charge in [-0.05, 0) is 55.5 Å². The monoisotopic (exact) mass is 383 g/mol. The Labute approximate surface area is 150 Å². The Bertz CT molecular complexity index is 864. The van der Waals surface area contributed by atoms with Gasteiger partial charge in [0.05, 0.1) is 20.5 Å². The quantitative estimate of drug-likeness (QED) is 0.802. The van der Waals surface area contributed by atoms with Crippen LogP contribution >= 0.6 is 22.9 Å². The zero-order valence-corrected chi connectivity index (χ0v) is 15.7. The van der Waals surface area contributed by atoms with Crippen molar-refractivity contribution in [2.24, 2.45) is 0 Å². The van der Waals surface area contributed by atoms with E-state index >= 15 is 0 Å². The van der Waals surface area contributed by atoms with E-state index in [0.717, 1.165) is 31.9 Å². The number of amides is 1. The van der Waals surface area contributed by atoms with E-state index in [1.165, 1.54) is 46.4 Å². The fourth-order valence-electron chi connectivity index (χ4n) is 2.79. The van der Waals surface area contributed by atoms with Crippen molar-refractivity contribution in [1.29, 1.82) is 0 Å². The maximum Gasteiger partial charge on any atom is 0.265 e. The average Bonchev–Trinajstić information content (AvgIpc) is 2.79. The molecule has 1 heterocycles. The van der Waals surface area contributed by atoms with Gasteiger partial charge >= 0.3 is 0 Å². The first-order chi connectivity index (χ1) is 11.3. The molecule has 2 aromatic rings. The van der Waals surface area contributed by atoms with Crippen molar-refractivity contribution >= 4 is 44.4 Å². The molecule has 0 fully saturated rings. The number of thiophene rings is 1. The molecule has 1 N–H and O–H groups in total. The molecule has 0 bridgehead atoms. The zero-order chi connectivity index (χ0) is 17.3. The van der Waals surface area contributed by atoms with Crippen LogP contribution in [-0.4, -0.2) is 20.6 Å². The van der Waals surface area contributed by atoms with Crippen LogP contribution in [0, 0.1) is 0 Å². The summed E-state index contributed by atoms with van der Waals surface area (Å²) in [6.07, 6.45) is 6.72. The molecule has 0 atom stereocenters. The number of aryl methyl sites for hydroxylation is 2. The van der Waals surface area contributed by atoms with Crippen LogP contribution in [-0.2, 0) is 22.7 Å². The summed E-state index contributed by atoms with van der Waals surface area (Å²) in [6, 6.07) is 6.26. The molecule has 1 aliphatic rings. The largest absolute Gasteiger partial charge is 0.320 e. The fourth-order valence-corrected chi connectivity index (χ4v) is 4.75. The molecule has 0 spiro atoms. The number of hydrogen-bond donors (Lipinski definition) is 1. The van der Waals surface area contributed by atoms with Gasteiger partial charge in [0.15, 0.2) is 9.84 Å². The minimum Gasteiger partial charge on any atom is -0.320 e. The molecule has 1 aliphatic carbocycles. The highest BCUT2D eigenvalue weighted by Gasteiger charge is 2.18. The smallest absolute Gasteiger partial charge is 0.265 e. The van der Waals surface area contributed by atoms with E-state index in [1.54, 1.807) is 0 Å². The van der Waals surface area contributed by atoms with Crippen LogP contribution in [0.5, 0.6) is 0 Å². The molecular formula is C17H18ClNO3S2. The van der Waals surface area contributed by atoms with Crippen LogP contribution in [0.15, 0.2) is 29.2 Å². The Hall–Kier alpha value is -1.37. The molecule has 3 rings (SSSR count). The van der Waals surface area contributed by atoms with Gasteiger partial charge in [0.1, 0.15) is 0 Å². The molecule has 128 valence electrons. The summed E-state index contributed by atoms with van der Waals surface area (Å²) < 4.78 is 23.3. The first-order valence-electron chi connectivity index (χ1n) is 7.77. The molecule has 0 radical (unpaired) electrons. The molecule has 4 nitrogen and oxygen atoms in total. The number of halogens is 1. The predicted molar refractivity (Wildman–Crippen MR) is 98.1 cm³/mol. The van der Waals surface area contributed by atoms with Gasteiger partial charge < -0.3 is 5.32 Å². The van der Waals surface area contributed by atoms with E-state index in [2.05, 4.69) is 5.32 Å². The lowest BCUT2D eigenvalue weighted by Crippen LogP contribution is -2.11. The number of hydrogen-bond acceptors (Lipinski definition) is 4. The van der Waals surface area contributed by atoms with Crippen LogP contribution in [0.2, 0.25) is 5.02 Å². The summed E-state index contributed by atoms with van der Waals surface area (Å²) >= 11 is 7.61. The molecule has 0 aliphatic heterocycles. The summed E-state index contributed by atoms with van der Waals surface area (Å²) in [4.78, 5) is 14.6. The summed E-state index contributed by atoms with van der Waals surface area (Å²) in [5.74, 6) is -0.249. The number of carbonyl (C=O) groups excluding carboxylic acids is 1. The molecule has 1 amide bonds. The Morgan fingerprint density at radius 1 is 1.17 bits per heavy atom. The van der Waals surface area contributed by atoms with Gasteiger partial charge in [0, 0.05) is 11.1 Å². The summed E-state index contributed by atoms with van der Waals surface area (Å²) in [5, 5.41) is 3.05. The summed E-state index contributed by atoms with van der Waals surface area (Å²) in [7, 11) is -3.36. The first kappa shape index (κ1) is 17.5.